The molecular weight excluding hydrogens is 148 g/mol. The molecule has 0 fully saturated rings. The van der Waals surface area contributed by atoms with Crippen molar-refractivity contribution >= 4 is 12.2 Å². The first-order valence-electron chi connectivity index (χ1n) is 3.75. The molecule has 1 aromatic rings. The average molecular weight is 160 g/mol. The van der Waals surface area contributed by atoms with Crippen molar-refractivity contribution in [1.29, 1.82) is 0 Å². The van der Waals surface area contributed by atoms with Crippen molar-refractivity contribution in [3.8, 4) is 0 Å². The molecular formula is C10H12N2. The van der Waals surface area contributed by atoms with E-state index in [9.17, 15) is 0 Å². The molecule has 62 valence electrons. The minimum Gasteiger partial charge on any atom is -0.326 e. The van der Waals surface area contributed by atoms with Crippen LogP contribution in [0.5, 0.6) is 0 Å². The summed E-state index contributed by atoms with van der Waals surface area (Å²) in [4.78, 5) is 4.17. The van der Waals surface area contributed by atoms with Crippen LogP contribution in [0.4, 0.5) is 0 Å². The largest absolute Gasteiger partial charge is 0.326 e. The van der Waals surface area contributed by atoms with E-state index in [1.54, 1.807) is 18.3 Å². The molecule has 0 amide bonds. The van der Waals surface area contributed by atoms with Gasteiger partial charge in [-0.1, -0.05) is 19.2 Å². The third-order valence-corrected chi connectivity index (χ3v) is 1.66. The number of nitrogens with zero attached hydrogens (tertiary/aromatic N) is 1. The summed E-state index contributed by atoms with van der Waals surface area (Å²) in [6, 6.07) is 1.97. The van der Waals surface area contributed by atoms with Crippen molar-refractivity contribution in [3.63, 3.8) is 0 Å². The molecule has 0 atom stereocenters. The summed E-state index contributed by atoms with van der Waals surface area (Å²) in [5.41, 5.74) is 8.30. The van der Waals surface area contributed by atoms with Gasteiger partial charge < -0.3 is 5.73 Å². The van der Waals surface area contributed by atoms with Gasteiger partial charge in [0.15, 0.2) is 0 Å². The van der Waals surface area contributed by atoms with Crippen molar-refractivity contribution in [2.24, 2.45) is 5.73 Å². The van der Waals surface area contributed by atoms with Crippen LogP contribution in [0.2, 0.25) is 0 Å². The summed E-state index contributed by atoms with van der Waals surface area (Å²) in [6.07, 6.45) is 5.21. The van der Waals surface area contributed by atoms with Crippen LogP contribution >= 0.6 is 0 Å². The number of hydrogen-bond donors (Lipinski definition) is 1. The Kier molecular flexibility index (Phi) is 2.77. The van der Waals surface area contributed by atoms with Crippen molar-refractivity contribution in [2.75, 3.05) is 0 Å². The molecule has 0 spiro atoms. The lowest BCUT2D eigenvalue weighted by molar-refractivity contribution is 1.04. The summed E-state index contributed by atoms with van der Waals surface area (Å²) in [5.74, 6) is 0. The predicted octanol–water partition coefficient (Wildman–Crippen LogP) is 1.83. The van der Waals surface area contributed by atoms with Gasteiger partial charge in [0.05, 0.1) is 5.69 Å². The predicted molar refractivity (Wildman–Crippen MR) is 52.3 cm³/mol. The Hall–Kier alpha value is -1.41. The van der Waals surface area contributed by atoms with Crippen LogP contribution in [0.25, 0.3) is 12.2 Å². The number of aromatic nitrogens is 1. The molecule has 0 saturated heterocycles. The fourth-order valence-electron chi connectivity index (χ4n) is 0.984. The van der Waals surface area contributed by atoms with E-state index >= 15 is 0 Å². The number of pyridine rings is 1. The third-order valence-electron chi connectivity index (χ3n) is 1.66. The standard InChI is InChI=1S/C10H12N2/c1-3-9-5-8(6-11)7-12-10(9)4-2/h3-5,7H,1-2,6,11H2. The zero-order valence-corrected chi connectivity index (χ0v) is 6.96. The molecule has 2 heteroatoms. The zero-order chi connectivity index (χ0) is 8.97. The molecule has 12 heavy (non-hydrogen) atoms. The van der Waals surface area contributed by atoms with E-state index < -0.39 is 0 Å². The van der Waals surface area contributed by atoms with Crippen LogP contribution in [0.1, 0.15) is 16.8 Å². The molecule has 1 aromatic heterocycles. The highest BCUT2D eigenvalue weighted by Gasteiger charge is 1.97. The van der Waals surface area contributed by atoms with E-state index in [0.29, 0.717) is 6.54 Å². The highest BCUT2D eigenvalue weighted by atomic mass is 14.7. The van der Waals surface area contributed by atoms with Crippen LogP contribution < -0.4 is 5.73 Å². The van der Waals surface area contributed by atoms with Gasteiger partial charge in [0.25, 0.3) is 0 Å². The van der Waals surface area contributed by atoms with E-state index in [1.165, 1.54) is 0 Å². The SMILES string of the molecule is C=Cc1cc(CN)cnc1C=C. The fraction of sp³-hybridized carbons (Fsp3) is 0.100. The van der Waals surface area contributed by atoms with E-state index in [0.717, 1.165) is 16.8 Å². The molecule has 0 aliphatic rings. The molecule has 1 rings (SSSR count). The van der Waals surface area contributed by atoms with E-state index in [1.807, 2.05) is 6.07 Å². The Labute approximate surface area is 72.4 Å². The molecule has 2 N–H and O–H groups in total. The minimum absolute atomic E-state index is 0.505. The van der Waals surface area contributed by atoms with Gasteiger partial charge in [-0.3, -0.25) is 4.98 Å². The second-order valence-corrected chi connectivity index (χ2v) is 2.43. The summed E-state index contributed by atoms with van der Waals surface area (Å²) in [5, 5.41) is 0. The van der Waals surface area contributed by atoms with E-state index in [4.69, 9.17) is 5.73 Å². The highest BCUT2D eigenvalue weighted by molar-refractivity contribution is 5.60. The van der Waals surface area contributed by atoms with Crippen LogP contribution in [0.3, 0.4) is 0 Å². The molecule has 0 bridgehead atoms. The van der Waals surface area contributed by atoms with Gasteiger partial charge in [0.2, 0.25) is 0 Å². The smallest absolute Gasteiger partial charge is 0.0696 e. The molecule has 2 nitrogen and oxygen atoms in total. The Morgan fingerprint density at radius 1 is 1.42 bits per heavy atom. The Morgan fingerprint density at radius 3 is 2.67 bits per heavy atom. The molecule has 0 aliphatic heterocycles. The third kappa shape index (κ3) is 1.60. The summed E-state index contributed by atoms with van der Waals surface area (Å²) in [6.45, 7) is 7.85. The molecule has 0 radical (unpaired) electrons. The van der Waals surface area contributed by atoms with E-state index in [-0.39, 0.29) is 0 Å². The van der Waals surface area contributed by atoms with Crippen molar-refractivity contribution in [3.05, 3.63) is 42.2 Å². The van der Waals surface area contributed by atoms with Gasteiger partial charge in [-0.05, 0) is 23.3 Å². The number of nitrogens with two attached hydrogens (primary N) is 1. The van der Waals surface area contributed by atoms with Crippen LogP contribution in [-0.4, -0.2) is 4.98 Å². The Bertz CT molecular complexity index is 303. The zero-order valence-electron chi connectivity index (χ0n) is 6.96. The quantitative estimate of drug-likeness (QED) is 0.732. The van der Waals surface area contributed by atoms with Crippen molar-refractivity contribution in [1.82, 2.24) is 4.98 Å². The topological polar surface area (TPSA) is 38.9 Å². The van der Waals surface area contributed by atoms with Gasteiger partial charge >= 0.3 is 0 Å². The molecule has 0 saturated carbocycles. The van der Waals surface area contributed by atoms with Gasteiger partial charge in [-0.2, -0.15) is 0 Å². The van der Waals surface area contributed by atoms with Crippen LogP contribution in [-0.2, 0) is 6.54 Å². The first-order valence-corrected chi connectivity index (χ1v) is 3.75. The number of rotatable bonds is 3. The van der Waals surface area contributed by atoms with Gasteiger partial charge in [-0.15, -0.1) is 0 Å². The van der Waals surface area contributed by atoms with Crippen molar-refractivity contribution in [2.45, 2.75) is 6.54 Å². The summed E-state index contributed by atoms with van der Waals surface area (Å²) >= 11 is 0. The Morgan fingerprint density at radius 2 is 2.17 bits per heavy atom. The van der Waals surface area contributed by atoms with Gasteiger partial charge in [0.1, 0.15) is 0 Å². The molecule has 0 aliphatic carbocycles. The van der Waals surface area contributed by atoms with Gasteiger partial charge in [-0.25, -0.2) is 0 Å². The molecule has 0 unspecified atom stereocenters. The lowest BCUT2D eigenvalue weighted by atomic mass is 10.1. The van der Waals surface area contributed by atoms with E-state index in [2.05, 4.69) is 18.1 Å². The molecule has 0 aromatic carbocycles. The maximum Gasteiger partial charge on any atom is 0.0696 e. The van der Waals surface area contributed by atoms with Gasteiger partial charge in [0, 0.05) is 12.7 Å². The van der Waals surface area contributed by atoms with Crippen LogP contribution in [0, 0.1) is 0 Å². The van der Waals surface area contributed by atoms with Crippen molar-refractivity contribution < 1.29 is 0 Å². The first-order chi connectivity index (χ1) is 5.81. The monoisotopic (exact) mass is 160 g/mol. The minimum atomic E-state index is 0.505. The second kappa shape index (κ2) is 3.83. The Balaban J connectivity index is 3.18. The number of hydrogen-bond acceptors (Lipinski definition) is 2. The lowest BCUT2D eigenvalue weighted by Crippen LogP contribution is -1.98. The lowest BCUT2D eigenvalue weighted by Gasteiger charge is -2.01. The maximum absolute atomic E-state index is 5.46. The maximum atomic E-state index is 5.46. The molecule has 1 heterocycles. The summed E-state index contributed by atoms with van der Waals surface area (Å²) in [7, 11) is 0. The fourth-order valence-corrected chi connectivity index (χ4v) is 0.984. The summed E-state index contributed by atoms with van der Waals surface area (Å²) < 4.78 is 0. The first kappa shape index (κ1) is 8.68. The second-order valence-electron chi connectivity index (χ2n) is 2.43. The highest BCUT2D eigenvalue weighted by Crippen LogP contribution is 2.10. The van der Waals surface area contributed by atoms with Crippen LogP contribution in [0.15, 0.2) is 25.4 Å². The average Bonchev–Trinajstić information content (AvgIpc) is 2.16. The normalized spacial score (nSPS) is 9.42.